The number of fused-ring (bicyclic) bond motifs is 2. The molecule has 0 heterocycles. The van der Waals surface area contributed by atoms with E-state index in [2.05, 4.69) is 5.32 Å². The van der Waals surface area contributed by atoms with Crippen molar-refractivity contribution >= 4 is 17.5 Å². The molecule has 1 aromatic rings. The molecule has 2 atom stereocenters. The van der Waals surface area contributed by atoms with Gasteiger partial charge in [0.1, 0.15) is 0 Å². The van der Waals surface area contributed by atoms with Crippen LogP contribution in [0.25, 0.3) is 0 Å². The molecule has 0 saturated heterocycles. The molecule has 2 unspecified atom stereocenters. The fourth-order valence-corrected chi connectivity index (χ4v) is 4.66. The van der Waals surface area contributed by atoms with Crippen molar-refractivity contribution in [2.24, 2.45) is 23.5 Å². The van der Waals surface area contributed by atoms with E-state index in [0.717, 1.165) is 36.9 Å². The largest absolute Gasteiger partial charge is 0.339 e. The highest BCUT2D eigenvalue weighted by molar-refractivity contribution is 5.92. The Kier molecular flexibility index (Phi) is 5.97. The molecule has 5 heteroatoms. The molecule has 2 fully saturated rings. The summed E-state index contributed by atoms with van der Waals surface area (Å²) in [6, 6.07) is 8.10. The van der Waals surface area contributed by atoms with Gasteiger partial charge in [0, 0.05) is 37.7 Å². The van der Waals surface area contributed by atoms with Crippen LogP contribution in [0.1, 0.15) is 51.5 Å². The molecule has 2 aliphatic rings. The van der Waals surface area contributed by atoms with E-state index < -0.39 is 0 Å². The first-order chi connectivity index (χ1) is 12.5. The number of nitrogens with two attached hydrogens (primary N) is 1. The first-order valence-electron chi connectivity index (χ1n) is 9.88. The number of anilines is 1. The van der Waals surface area contributed by atoms with Crippen molar-refractivity contribution in [1.29, 1.82) is 0 Å². The van der Waals surface area contributed by atoms with Crippen LogP contribution >= 0.6 is 0 Å². The SMILES string of the molecule is CCN(Cc1cccc(NC(=O)C2CC3CCCC(C2)C3N)c1)C(C)=O. The lowest BCUT2D eigenvalue weighted by Crippen LogP contribution is -2.48. The maximum Gasteiger partial charge on any atom is 0.227 e. The van der Waals surface area contributed by atoms with Crippen molar-refractivity contribution in [3.05, 3.63) is 29.8 Å². The number of nitrogens with zero attached hydrogens (tertiary/aromatic N) is 1. The minimum Gasteiger partial charge on any atom is -0.339 e. The van der Waals surface area contributed by atoms with E-state index in [-0.39, 0.29) is 23.8 Å². The van der Waals surface area contributed by atoms with Crippen LogP contribution in [0.4, 0.5) is 5.69 Å². The minimum atomic E-state index is 0.0621. The summed E-state index contributed by atoms with van der Waals surface area (Å²) in [6.07, 6.45) is 5.40. The Labute approximate surface area is 156 Å². The minimum absolute atomic E-state index is 0.0621. The number of carbonyl (C=O) groups is 2. The van der Waals surface area contributed by atoms with Crippen molar-refractivity contribution in [1.82, 2.24) is 4.90 Å². The summed E-state index contributed by atoms with van der Waals surface area (Å²) in [6.45, 7) is 4.80. The van der Waals surface area contributed by atoms with Gasteiger partial charge in [0.25, 0.3) is 0 Å². The number of amides is 2. The summed E-state index contributed by atoms with van der Waals surface area (Å²) in [4.78, 5) is 26.2. The fraction of sp³-hybridized carbons (Fsp3) is 0.619. The molecule has 5 nitrogen and oxygen atoms in total. The summed E-state index contributed by atoms with van der Waals surface area (Å²) in [7, 11) is 0. The van der Waals surface area contributed by atoms with E-state index in [1.54, 1.807) is 11.8 Å². The molecule has 26 heavy (non-hydrogen) atoms. The van der Waals surface area contributed by atoms with Crippen molar-refractivity contribution in [3.8, 4) is 0 Å². The lowest BCUT2D eigenvalue weighted by atomic mass is 9.65. The van der Waals surface area contributed by atoms with Crippen LogP contribution in [0.3, 0.4) is 0 Å². The second-order valence-electron chi connectivity index (χ2n) is 7.92. The molecule has 2 amide bonds. The molecule has 1 aromatic carbocycles. The topological polar surface area (TPSA) is 75.4 Å². The highest BCUT2D eigenvalue weighted by Crippen LogP contribution is 2.42. The zero-order chi connectivity index (χ0) is 18.7. The molecule has 2 saturated carbocycles. The summed E-state index contributed by atoms with van der Waals surface area (Å²) >= 11 is 0. The first-order valence-corrected chi connectivity index (χ1v) is 9.88. The Morgan fingerprint density at radius 3 is 2.54 bits per heavy atom. The van der Waals surface area contributed by atoms with Crippen LogP contribution < -0.4 is 11.1 Å². The number of carbonyl (C=O) groups excluding carboxylic acids is 2. The van der Waals surface area contributed by atoms with Crippen LogP contribution in [0, 0.1) is 17.8 Å². The molecule has 2 bridgehead atoms. The van der Waals surface area contributed by atoms with Crippen LogP contribution in [0.5, 0.6) is 0 Å². The van der Waals surface area contributed by atoms with Gasteiger partial charge < -0.3 is 16.0 Å². The third-order valence-corrected chi connectivity index (χ3v) is 6.18. The van der Waals surface area contributed by atoms with Crippen LogP contribution in [-0.4, -0.2) is 29.3 Å². The quantitative estimate of drug-likeness (QED) is 0.850. The summed E-state index contributed by atoms with van der Waals surface area (Å²) < 4.78 is 0. The van der Waals surface area contributed by atoms with Gasteiger partial charge in [-0.05, 0) is 62.1 Å². The maximum absolute atomic E-state index is 12.8. The van der Waals surface area contributed by atoms with Crippen LogP contribution in [-0.2, 0) is 16.1 Å². The Morgan fingerprint density at radius 2 is 1.92 bits per heavy atom. The number of rotatable bonds is 5. The number of hydrogen-bond donors (Lipinski definition) is 2. The fourth-order valence-electron chi connectivity index (χ4n) is 4.66. The van der Waals surface area contributed by atoms with Gasteiger partial charge in [0.15, 0.2) is 0 Å². The third-order valence-electron chi connectivity index (χ3n) is 6.18. The Balaban J connectivity index is 1.63. The van der Waals surface area contributed by atoms with Crippen molar-refractivity contribution in [2.45, 2.75) is 58.5 Å². The van der Waals surface area contributed by atoms with E-state index in [1.165, 1.54) is 6.42 Å². The summed E-state index contributed by atoms with van der Waals surface area (Å²) in [5.41, 5.74) is 8.18. The molecule has 0 spiro atoms. The Hall–Kier alpha value is -1.88. The van der Waals surface area contributed by atoms with E-state index >= 15 is 0 Å². The van der Waals surface area contributed by atoms with Gasteiger partial charge in [0.05, 0.1) is 0 Å². The Bertz CT molecular complexity index is 646. The van der Waals surface area contributed by atoms with Gasteiger partial charge in [-0.3, -0.25) is 9.59 Å². The van der Waals surface area contributed by atoms with Gasteiger partial charge in [-0.1, -0.05) is 18.6 Å². The molecule has 3 rings (SSSR count). The molecule has 0 aliphatic heterocycles. The molecule has 2 aliphatic carbocycles. The van der Waals surface area contributed by atoms with E-state index in [9.17, 15) is 9.59 Å². The predicted molar refractivity (Wildman–Crippen MR) is 103 cm³/mol. The lowest BCUT2D eigenvalue weighted by molar-refractivity contribution is -0.129. The second-order valence-corrected chi connectivity index (χ2v) is 7.92. The maximum atomic E-state index is 12.8. The standard InChI is InChI=1S/C21H31N3O2/c1-3-24(14(2)25)13-15-6-4-9-19(10-15)23-21(26)18-11-16-7-5-8-17(12-18)20(16)22/h4,6,9-10,16-18,20H,3,5,7-8,11-13,22H2,1-2H3,(H,23,26). The second kappa shape index (κ2) is 8.21. The van der Waals surface area contributed by atoms with Gasteiger partial charge in [-0.15, -0.1) is 0 Å². The van der Waals surface area contributed by atoms with Crippen LogP contribution in [0.2, 0.25) is 0 Å². The van der Waals surface area contributed by atoms with Gasteiger partial charge >= 0.3 is 0 Å². The summed E-state index contributed by atoms with van der Waals surface area (Å²) in [5.74, 6) is 1.24. The molecular weight excluding hydrogens is 326 g/mol. The van der Waals surface area contributed by atoms with Gasteiger partial charge in [-0.25, -0.2) is 0 Å². The van der Waals surface area contributed by atoms with Gasteiger partial charge in [-0.2, -0.15) is 0 Å². The zero-order valence-corrected chi connectivity index (χ0v) is 15.9. The molecule has 3 N–H and O–H groups in total. The molecule has 142 valence electrons. The van der Waals surface area contributed by atoms with Crippen molar-refractivity contribution in [3.63, 3.8) is 0 Å². The number of hydrogen-bond acceptors (Lipinski definition) is 3. The third kappa shape index (κ3) is 4.26. The predicted octanol–water partition coefficient (Wildman–Crippen LogP) is 3.15. The smallest absolute Gasteiger partial charge is 0.227 e. The molecular formula is C21H31N3O2. The van der Waals surface area contributed by atoms with Crippen LogP contribution in [0.15, 0.2) is 24.3 Å². The number of nitrogens with one attached hydrogen (secondary N) is 1. The van der Waals surface area contributed by atoms with E-state index in [0.29, 0.717) is 24.9 Å². The van der Waals surface area contributed by atoms with Gasteiger partial charge in [0.2, 0.25) is 11.8 Å². The monoisotopic (exact) mass is 357 g/mol. The average Bonchev–Trinajstić information content (AvgIpc) is 2.59. The highest BCUT2D eigenvalue weighted by Gasteiger charge is 2.40. The Morgan fingerprint density at radius 1 is 1.23 bits per heavy atom. The van der Waals surface area contributed by atoms with E-state index in [1.807, 2.05) is 31.2 Å². The van der Waals surface area contributed by atoms with Crippen molar-refractivity contribution < 1.29 is 9.59 Å². The average molecular weight is 357 g/mol. The lowest BCUT2D eigenvalue weighted by Gasteiger charge is -2.43. The highest BCUT2D eigenvalue weighted by atomic mass is 16.2. The van der Waals surface area contributed by atoms with E-state index in [4.69, 9.17) is 5.73 Å². The summed E-state index contributed by atoms with van der Waals surface area (Å²) in [5, 5.41) is 3.09. The van der Waals surface area contributed by atoms with Crippen molar-refractivity contribution in [2.75, 3.05) is 11.9 Å². The molecule has 0 aromatic heterocycles. The number of benzene rings is 1. The zero-order valence-electron chi connectivity index (χ0n) is 15.9. The first kappa shape index (κ1) is 18.9. The molecule has 0 radical (unpaired) electrons. The normalized spacial score (nSPS) is 27.7.